The highest BCUT2D eigenvalue weighted by molar-refractivity contribution is 7.99. The topological polar surface area (TPSA) is 57.4 Å². The van der Waals surface area contributed by atoms with Crippen LogP contribution in [0.25, 0.3) is 0 Å². The molecule has 0 fully saturated rings. The summed E-state index contributed by atoms with van der Waals surface area (Å²) < 4.78 is 16.8. The van der Waals surface area contributed by atoms with Crippen LogP contribution in [0, 0.1) is 0 Å². The van der Waals surface area contributed by atoms with Crippen LogP contribution < -0.4 is 9.47 Å². The summed E-state index contributed by atoms with van der Waals surface area (Å²) in [6, 6.07) is 6.02. The van der Waals surface area contributed by atoms with Gasteiger partial charge in [0.1, 0.15) is 0 Å². The molecule has 2 heterocycles. The molecule has 3 rings (SSSR count). The number of fused-ring (bicyclic) bond motifs is 1. The highest BCUT2D eigenvalue weighted by Gasteiger charge is 2.24. The molecule has 1 atom stereocenters. The van der Waals surface area contributed by atoms with Crippen molar-refractivity contribution in [3.05, 3.63) is 29.9 Å². The maximum absolute atomic E-state index is 5.74. The molecule has 0 saturated carbocycles. The molecule has 5 nitrogen and oxygen atoms in total. The third-order valence-corrected chi connectivity index (χ3v) is 4.57. The van der Waals surface area contributed by atoms with Gasteiger partial charge in [-0.25, -0.2) is 0 Å². The molecule has 0 spiro atoms. The number of hydrogen-bond donors (Lipinski definition) is 0. The van der Waals surface area contributed by atoms with Crippen LogP contribution in [-0.4, -0.2) is 23.4 Å². The molecule has 0 bridgehead atoms. The van der Waals surface area contributed by atoms with E-state index in [2.05, 4.69) is 37.8 Å². The third kappa shape index (κ3) is 3.80. The predicted octanol–water partition coefficient (Wildman–Crippen LogP) is 4.38. The molecule has 1 aromatic carbocycles. The predicted molar refractivity (Wildman–Crippen MR) is 89.3 cm³/mol. The van der Waals surface area contributed by atoms with E-state index in [4.69, 9.17) is 14.0 Å². The minimum Gasteiger partial charge on any atom is -0.490 e. The van der Waals surface area contributed by atoms with E-state index < -0.39 is 0 Å². The Morgan fingerprint density at radius 3 is 2.57 bits per heavy atom. The molecule has 1 aliphatic rings. The summed E-state index contributed by atoms with van der Waals surface area (Å²) in [5.41, 5.74) is -0.110. The van der Waals surface area contributed by atoms with Crippen LogP contribution in [0.5, 0.6) is 11.5 Å². The highest BCUT2D eigenvalue weighted by Crippen LogP contribution is 2.39. The van der Waals surface area contributed by atoms with Gasteiger partial charge in [-0.2, -0.15) is 4.98 Å². The lowest BCUT2D eigenvalue weighted by Crippen LogP contribution is -2.13. The molecular weight excluding hydrogens is 312 g/mol. The molecular formula is C17H22N2O3S. The largest absolute Gasteiger partial charge is 0.490 e. The summed E-state index contributed by atoms with van der Waals surface area (Å²) in [4.78, 5) is 5.62. The molecule has 6 heteroatoms. The van der Waals surface area contributed by atoms with Crippen molar-refractivity contribution in [3.63, 3.8) is 0 Å². The van der Waals surface area contributed by atoms with Gasteiger partial charge < -0.3 is 14.0 Å². The van der Waals surface area contributed by atoms with E-state index in [-0.39, 0.29) is 10.7 Å². The van der Waals surface area contributed by atoms with Crippen molar-refractivity contribution >= 4 is 11.8 Å². The molecule has 0 aliphatic carbocycles. The highest BCUT2D eigenvalue weighted by atomic mass is 32.2. The first-order chi connectivity index (χ1) is 10.9. The zero-order valence-electron chi connectivity index (χ0n) is 14.0. The summed E-state index contributed by atoms with van der Waals surface area (Å²) >= 11 is 1.67. The van der Waals surface area contributed by atoms with E-state index in [0.717, 1.165) is 28.6 Å². The van der Waals surface area contributed by atoms with Gasteiger partial charge in [0.15, 0.2) is 17.3 Å². The van der Waals surface area contributed by atoms with Crippen molar-refractivity contribution in [3.8, 4) is 11.5 Å². The fourth-order valence-electron chi connectivity index (χ4n) is 2.18. The van der Waals surface area contributed by atoms with Crippen molar-refractivity contribution < 1.29 is 14.0 Å². The van der Waals surface area contributed by atoms with E-state index >= 15 is 0 Å². The third-order valence-electron chi connectivity index (χ3n) is 3.49. The Labute approximate surface area is 140 Å². The molecule has 0 saturated heterocycles. The summed E-state index contributed by atoms with van der Waals surface area (Å²) in [5, 5.41) is 4.16. The Bertz CT molecular complexity index is 679. The normalized spacial score (nSPS) is 16.0. The van der Waals surface area contributed by atoms with Gasteiger partial charge in [0.05, 0.1) is 18.5 Å². The first-order valence-electron chi connectivity index (χ1n) is 7.84. The summed E-state index contributed by atoms with van der Waals surface area (Å²) in [7, 11) is 0. The van der Waals surface area contributed by atoms with Crippen LogP contribution in [0.15, 0.2) is 27.6 Å². The van der Waals surface area contributed by atoms with Gasteiger partial charge >= 0.3 is 0 Å². The van der Waals surface area contributed by atoms with Gasteiger partial charge in [0.25, 0.3) is 0 Å². The van der Waals surface area contributed by atoms with Crippen molar-refractivity contribution in [1.82, 2.24) is 10.1 Å². The molecule has 1 aromatic heterocycles. The standard InChI is InChI=1S/C17H22N2O3S/c1-11(15-18-16(19-22-15)17(2,3)4)23-12-6-7-13-14(10-12)21-9-5-8-20-13/h6-7,10-11H,5,8-9H2,1-4H3. The zero-order chi connectivity index (χ0) is 16.4. The molecule has 23 heavy (non-hydrogen) atoms. The second-order valence-corrected chi connectivity index (χ2v) is 8.04. The zero-order valence-corrected chi connectivity index (χ0v) is 14.8. The van der Waals surface area contributed by atoms with Crippen LogP contribution >= 0.6 is 11.8 Å². The lowest BCUT2D eigenvalue weighted by Gasteiger charge is -2.12. The lowest BCUT2D eigenvalue weighted by molar-refractivity contribution is 0.297. The van der Waals surface area contributed by atoms with Crippen LogP contribution in [0.2, 0.25) is 0 Å². The Hall–Kier alpha value is -1.69. The Balaban J connectivity index is 1.74. The monoisotopic (exact) mass is 334 g/mol. The average Bonchev–Trinajstić information content (AvgIpc) is 2.88. The molecule has 0 radical (unpaired) electrons. The van der Waals surface area contributed by atoms with Crippen molar-refractivity contribution in [1.29, 1.82) is 0 Å². The summed E-state index contributed by atoms with van der Waals surface area (Å²) in [5.74, 6) is 3.00. The number of benzene rings is 1. The second kappa shape index (κ2) is 6.43. The maximum atomic E-state index is 5.74. The number of nitrogens with zero attached hydrogens (tertiary/aromatic N) is 2. The second-order valence-electron chi connectivity index (χ2n) is 6.63. The van der Waals surface area contributed by atoms with Crippen LogP contribution in [0.1, 0.15) is 51.1 Å². The summed E-state index contributed by atoms with van der Waals surface area (Å²) in [6.45, 7) is 9.67. The fourth-order valence-corrected chi connectivity index (χ4v) is 3.10. The molecule has 0 amide bonds. The molecule has 1 unspecified atom stereocenters. The van der Waals surface area contributed by atoms with Crippen LogP contribution in [-0.2, 0) is 5.41 Å². The first kappa shape index (κ1) is 16.2. The number of thioether (sulfide) groups is 1. The molecule has 1 aliphatic heterocycles. The van der Waals surface area contributed by atoms with E-state index in [1.165, 1.54) is 0 Å². The fraction of sp³-hybridized carbons (Fsp3) is 0.529. The van der Waals surface area contributed by atoms with Crippen molar-refractivity contribution in [2.75, 3.05) is 13.2 Å². The molecule has 2 aromatic rings. The number of ether oxygens (including phenoxy) is 2. The number of aromatic nitrogens is 2. The van der Waals surface area contributed by atoms with E-state index in [1.54, 1.807) is 11.8 Å². The van der Waals surface area contributed by atoms with Gasteiger partial charge in [-0.3, -0.25) is 0 Å². The smallest absolute Gasteiger partial charge is 0.239 e. The Morgan fingerprint density at radius 2 is 1.87 bits per heavy atom. The van der Waals surface area contributed by atoms with Crippen molar-refractivity contribution in [2.24, 2.45) is 0 Å². The minimum atomic E-state index is -0.110. The SMILES string of the molecule is CC(Sc1ccc2c(c1)OCCCO2)c1nc(C(C)(C)C)no1. The van der Waals surface area contributed by atoms with Gasteiger partial charge in [-0.1, -0.05) is 25.9 Å². The van der Waals surface area contributed by atoms with Crippen LogP contribution in [0.4, 0.5) is 0 Å². The molecule has 0 N–H and O–H groups in total. The Kier molecular flexibility index (Phi) is 4.53. The maximum Gasteiger partial charge on any atom is 0.239 e. The summed E-state index contributed by atoms with van der Waals surface area (Å²) in [6.07, 6.45) is 0.908. The first-order valence-corrected chi connectivity index (χ1v) is 8.72. The average molecular weight is 334 g/mol. The van der Waals surface area contributed by atoms with Crippen LogP contribution in [0.3, 0.4) is 0 Å². The quantitative estimate of drug-likeness (QED) is 0.776. The Morgan fingerprint density at radius 1 is 1.13 bits per heavy atom. The van der Waals surface area contributed by atoms with E-state index in [0.29, 0.717) is 19.1 Å². The van der Waals surface area contributed by atoms with Crippen molar-refractivity contribution in [2.45, 2.75) is 49.7 Å². The lowest BCUT2D eigenvalue weighted by atomic mass is 9.96. The van der Waals surface area contributed by atoms with Gasteiger partial charge in [-0.15, -0.1) is 11.8 Å². The number of hydrogen-bond acceptors (Lipinski definition) is 6. The molecule has 124 valence electrons. The van der Waals surface area contributed by atoms with Gasteiger partial charge in [0, 0.05) is 16.7 Å². The van der Waals surface area contributed by atoms with Gasteiger partial charge in [-0.05, 0) is 25.1 Å². The minimum absolute atomic E-state index is 0.0725. The van der Waals surface area contributed by atoms with Gasteiger partial charge in [0.2, 0.25) is 5.89 Å². The van der Waals surface area contributed by atoms with E-state index in [1.807, 2.05) is 18.2 Å². The number of rotatable bonds is 3. The van der Waals surface area contributed by atoms with E-state index in [9.17, 15) is 0 Å².